The van der Waals surface area contributed by atoms with Gasteiger partial charge in [-0.15, -0.1) is 0 Å². The number of aromatic amines is 1. The minimum Gasteiger partial charge on any atom is -0.338 e. The van der Waals surface area contributed by atoms with E-state index in [0.29, 0.717) is 5.56 Å². The van der Waals surface area contributed by atoms with Crippen molar-refractivity contribution in [3.05, 3.63) is 82.9 Å². The topological polar surface area (TPSA) is 57.8 Å². The maximum Gasteiger partial charge on any atom is 0.255 e. The fourth-order valence-corrected chi connectivity index (χ4v) is 3.25. The van der Waals surface area contributed by atoms with Gasteiger partial charge in [-0.3, -0.25) is 4.79 Å². The summed E-state index contributed by atoms with van der Waals surface area (Å²) in [6.45, 7) is 5.97. The van der Waals surface area contributed by atoms with Crippen molar-refractivity contribution in [2.45, 2.75) is 20.8 Å². The lowest BCUT2D eigenvalue weighted by Gasteiger charge is -2.12. The summed E-state index contributed by atoms with van der Waals surface area (Å²) in [5, 5.41) is 3.05. The van der Waals surface area contributed by atoms with Crippen molar-refractivity contribution in [2.75, 3.05) is 5.32 Å². The molecule has 1 aromatic heterocycles. The number of benzene rings is 3. The second kappa shape index (κ2) is 6.72. The molecule has 0 aliphatic heterocycles. The monoisotopic (exact) mass is 355 g/mol. The number of H-pyrrole nitrogens is 1. The quantitative estimate of drug-likeness (QED) is 0.516. The molecule has 4 rings (SSSR count). The number of fused-ring (bicyclic) bond motifs is 1. The molecule has 0 aliphatic carbocycles. The van der Waals surface area contributed by atoms with Gasteiger partial charge in [-0.05, 0) is 56.2 Å². The third-order valence-corrected chi connectivity index (χ3v) is 4.78. The van der Waals surface area contributed by atoms with Crippen LogP contribution in [0, 0.1) is 20.8 Å². The molecule has 4 nitrogen and oxygen atoms in total. The number of aromatic nitrogens is 2. The van der Waals surface area contributed by atoms with Crippen LogP contribution in [0.2, 0.25) is 0 Å². The third-order valence-electron chi connectivity index (χ3n) is 4.78. The third kappa shape index (κ3) is 3.34. The summed E-state index contributed by atoms with van der Waals surface area (Å²) < 4.78 is 0. The van der Waals surface area contributed by atoms with Gasteiger partial charge >= 0.3 is 0 Å². The van der Waals surface area contributed by atoms with Crippen molar-refractivity contribution in [3.8, 4) is 11.4 Å². The molecular formula is C23H21N3O. The fourth-order valence-electron chi connectivity index (χ4n) is 3.25. The SMILES string of the molecule is Cc1ccc(C(=O)Nc2cc(-c3nc4ccccc4[nH]3)ccc2C)c(C)c1. The number of nitrogens with zero attached hydrogens (tertiary/aromatic N) is 1. The van der Waals surface area contributed by atoms with E-state index < -0.39 is 0 Å². The zero-order valence-corrected chi connectivity index (χ0v) is 15.6. The van der Waals surface area contributed by atoms with E-state index in [2.05, 4.69) is 15.3 Å². The number of imidazole rings is 1. The summed E-state index contributed by atoms with van der Waals surface area (Å²) in [4.78, 5) is 20.7. The number of nitrogens with one attached hydrogen (secondary N) is 2. The van der Waals surface area contributed by atoms with Crippen LogP contribution in [0.3, 0.4) is 0 Å². The molecule has 0 atom stereocenters. The first-order valence-electron chi connectivity index (χ1n) is 8.95. The average Bonchev–Trinajstić information content (AvgIpc) is 3.07. The van der Waals surface area contributed by atoms with E-state index in [9.17, 15) is 4.79 Å². The van der Waals surface area contributed by atoms with Crippen LogP contribution in [0.15, 0.2) is 60.7 Å². The van der Waals surface area contributed by atoms with Gasteiger partial charge in [-0.25, -0.2) is 4.98 Å². The molecule has 2 N–H and O–H groups in total. The van der Waals surface area contributed by atoms with Crippen LogP contribution in [-0.4, -0.2) is 15.9 Å². The zero-order valence-electron chi connectivity index (χ0n) is 15.6. The summed E-state index contributed by atoms with van der Waals surface area (Å²) in [5.74, 6) is 0.690. The van der Waals surface area contributed by atoms with E-state index in [4.69, 9.17) is 0 Å². The molecule has 0 spiro atoms. The van der Waals surface area contributed by atoms with Crippen LogP contribution in [0.4, 0.5) is 5.69 Å². The number of rotatable bonds is 3. The molecule has 3 aromatic carbocycles. The van der Waals surface area contributed by atoms with Crippen molar-refractivity contribution >= 4 is 22.6 Å². The number of amides is 1. The Bertz CT molecular complexity index is 1120. The summed E-state index contributed by atoms with van der Waals surface area (Å²) in [6.07, 6.45) is 0. The van der Waals surface area contributed by atoms with Gasteiger partial charge in [-0.2, -0.15) is 0 Å². The Morgan fingerprint density at radius 2 is 1.74 bits per heavy atom. The van der Waals surface area contributed by atoms with E-state index >= 15 is 0 Å². The molecule has 0 unspecified atom stereocenters. The molecule has 27 heavy (non-hydrogen) atoms. The molecule has 0 aliphatic rings. The molecule has 0 fully saturated rings. The number of carbonyl (C=O) groups excluding carboxylic acids is 1. The van der Waals surface area contributed by atoms with Crippen molar-refractivity contribution in [2.24, 2.45) is 0 Å². The molecule has 4 aromatic rings. The Morgan fingerprint density at radius 1 is 0.926 bits per heavy atom. The van der Waals surface area contributed by atoms with Gasteiger partial charge < -0.3 is 10.3 Å². The summed E-state index contributed by atoms with van der Waals surface area (Å²) >= 11 is 0. The van der Waals surface area contributed by atoms with Crippen LogP contribution in [0.5, 0.6) is 0 Å². The molecule has 0 saturated carbocycles. The Morgan fingerprint density at radius 3 is 2.52 bits per heavy atom. The molecule has 1 heterocycles. The van der Waals surface area contributed by atoms with Crippen LogP contribution in [0.1, 0.15) is 27.0 Å². The van der Waals surface area contributed by atoms with Gasteiger partial charge in [0.2, 0.25) is 0 Å². The molecule has 0 bridgehead atoms. The van der Waals surface area contributed by atoms with Crippen LogP contribution in [-0.2, 0) is 0 Å². The Balaban J connectivity index is 1.67. The highest BCUT2D eigenvalue weighted by Gasteiger charge is 2.12. The normalized spacial score (nSPS) is 10.9. The number of para-hydroxylation sites is 2. The van der Waals surface area contributed by atoms with Gasteiger partial charge in [-0.1, -0.05) is 42.0 Å². The molecule has 134 valence electrons. The lowest BCUT2D eigenvalue weighted by Crippen LogP contribution is -2.14. The maximum atomic E-state index is 12.8. The highest BCUT2D eigenvalue weighted by Crippen LogP contribution is 2.26. The first-order valence-corrected chi connectivity index (χ1v) is 8.95. The van der Waals surface area contributed by atoms with Gasteiger partial charge in [0.1, 0.15) is 5.82 Å². The van der Waals surface area contributed by atoms with Crippen molar-refractivity contribution < 1.29 is 4.79 Å². The lowest BCUT2D eigenvalue weighted by atomic mass is 10.0. The number of aryl methyl sites for hydroxylation is 3. The largest absolute Gasteiger partial charge is 0.338 e. The number of carbonyl (C=O) groups is 1. The number of anilines is 1. The average molecular weight is 355 g/mol. The summed E-state index contributed by atoms with van der Waals surface area (Å²) in [5.41, 5.74) is 7.46. The smallest absolute Gasteiger partial charge is 0.255 e. The molecule has 0 saturated heterocycles. The first kappa shape index (κ1) is 17.0. The standard InChI is InChI=1S/C23H21N3O/c1-14-8-11-18(16(3)12-14)23(27)26-21-13-17(10-9-15(21)2)22-24-19-6-4-5-7-20(19)25-22/h4-13H,1-3H3,(H,24,25)(H,26,27). The Labute approximate surface area is 158 Å². The summed E-state index contributed by atoms with van der Waals surface area (Å²) in [7, 11) is 0. The van der Waals surface area contributed by atoms with Gasteiger partial charge in [0.05, 0.1) is 11.0 Å². The zero-order chi connectivity index (χ0) is 19.0. The minimum absolute atomic E-state index is 0.0997. The van der Waals surface area contributed by atoms with Gasteiger partial charge in [0.25, 0.3) is 5.91 Å². The van der Waals surface area contributed by atoms with Gasteiger partial charge in [0.15, 0.2) is 0 Å². The van der Waals surface area contributed by atoms with Crippen LogP contribution in [0.25, 0.3) is 22.4 Å². The second-order valence-corrected chi connectivity index (χ2v) is 6.90. The summed E-state index contributed by atoms with van der Waals surface area (Å²) in [6, 6.07) is 19.8. The van der Waals surface area contributed by atoms with E-state index in [1.54, 1.807) is 0 Å². The predicted octanol–water partition coefficient (Wildman–Crippen LogP) is 5.41. The highest BCUT2D eigenvalue weighted by molar-refractivity contribution is 6.06. The van der Waals surface area contributed by atoms with Crippen LogP contribution >= 0.6 is 0 Å². The maximum absolute atomic E-state index is 12.8. The second-order valence-electron chi connectivity index (χ2n) is 6.90. The number of hydrogen-bond acceptors (Lipinski definition) is 2. The fraction of sp³-hybridized carbons (Fsp3) is 0.130. The van der Waals surface area contributed by atoms with E-state index in [0.717, 1.165) is 44.8 Å². The minimum atomic E-state index is -0.0997. The van der Waals surface area contributed by atoms with Gasteiger partial charge in [0, 0.05) is 16.8 Å². The molecule has 4 heteroatoms. The predicted molar refractivity (Wildman–Crippen MR) is 110 cm³/mol. The molecule has 0 radical (unpaired) electrons. The Hall–Kier alpha value is -3.40. The van der Waals surface area contributed by atoms with Crippen molar-refractivity contribution in [1.82, 2.24) is 9.97 Å². The van der Waals surface area contributed by atoms with Crippen molar-refractivity contribution in [1.29, 1.82) is 0 Å². The highest BCUT2D eigenvalue weighted by atomic mass is 16.1. The van der Waals surface area contributed by atoms with Crippen molar-refractivity contribution in [3.63, 3.8) is 0 Å². The number of hydrogen-bond donors (Lipinski definition) is 2. The lowest BCUT2D eigenvalue weighted by molar-refractivity contribution is 0.102. The molecule has 1 amide bonds. The van der Waals surface area contributed by atoms with E-state index in [1.165, 1.54) is 0 Å². The van der Waals surface area contributed by atoms with E-state index in [1.807, 2.05) is 81.4 Å². The van der Waals surface area contributed by atoms with E-state index in [-0.39, 0.29) is 5.91 Å². The van der Waals surface area contributed by atoms with Crippen LogP contribution < -0.4 is 5.32 Å². The first-order chi connectivity index (χ1) is 13.0. The molecular weight excluding hydrogens is 334 g/mol. The Kier molecular flexibility index (Phi) is 4.24.